The van der Waals surface area contributed by atoms with Gasteiger partial charge in [-0.1, -0.05) is 47.5 Å². The highest BCUT2D eigenvalue weighted by Gasteiger charge is 2.20. The van der Waals surface area contributed by atoms with Gasteiger partial charge in [0, 0.05) is 32.3 Å². The zero-order valence-corrected chi connectivity index (χ0v) is 16.7. The molecule has 0 amide bonds. The van der Waals surface area contributed by atoms with Crippen LogP contribution in [0.5, 0.6) is 0 Å². The van der Waals surface area contributed by atoms with Gasteiger partial charge in [-0.3, -0.25) is 0 Å². The van der Waals surface area contributed by atoms with Crippen LogP contribution in [0, 0.1) is 13.8 Å². The van der Waals surface area contributed by atoms with Crippen LogP contribution in [-0.4, -0.2) is 0 Å². The molecule has 2 nitrogen and oxygen atoms in total. The molecule has 2 heterocycles. The molecule has 7 rings (SSSR count). The molecule has 0 radical (unpaired) electrons. The van der Waals surface area contributed by atoms with E-state index < -0.39 is 0 Å². The van der Waals surface area contributed by atoms with Gasteiger partial charge in [0.25, 0.3) is 0 Å². The molecule has 0 fully saturated rings. The average Bonchev–Trinajstić information content (AvgIpc) is 2.76. The molecule has 0 unspecified atom stereocenters. The fourth-order valence-electron chi connectivity index (χ4n) is 5.08. The number of rotatable bonds is 0. The standard InChI is InChI=1S/C28H18O2/c1-15-9-11-21-19(13-15)27-25-17(5-3-7-23(25)29-21)18-6-4-8-24-26(18)28(27)20-14-16(2)10-12-22(20)30-24/h3-14H,1-2H3. The van der Waals surface area contributed by atoms with Gasteiger partial charge in [0.2, 0.25) is 0 Å². The molecular weight excluding hydrogens is 368 g/mol. The van der Waals surface area contributed by atoms with Gasteiger partial charge < -0.3 is 8.83 Å². The van der Waals surface area contributed by atoms with Crippen molar-refractivity contribution >= 4 is 65.4 Å². The van der Waals surface area contributed by atoms with Crippen molar-refractivity contribution in [2.45, 2.75) is 13.8 Å². The number of hydrogen-bond acceptors (Lipinski definition) is 2. The van der Waals surface area contributed by atoms with Crippen LogP contribution in [0.25, 0.3) is 65.4 Å². The Morgan fingerprint density at radius 1 is 0.433 bits per heavy atom. The summed E-state index contributed by atoms with van der Waals surface area (Å²) in [4.78, 5) is 0. The number of aryl methyl sites for hydroxylation is 2. The predicted octanol–water partition coefficient (Wildman–Crippen LogP) is 8.41. The Morgan fingerprint density at radius 3 is 1.37 bits per heavy atom. The van der Waals surface area contributed by atoms with Crippen molar-refractivity contribution < 1.29 is 8.83 Å². The van der Waals surface area contributed by atoms with Crippen molar-refractivity contribution in [2.24, 2.45) is 0 Å². The summed E-state index contributed by atoms with van der Waals surface area (Å²) in [6.07, 6.45) is 0. The first-order valence-electron chi connectivity index (χ1n) is 10.3. The largest absolute Gasteiger partial charge is 0.456 e. The van der Waals surface area contributed by atoms with Crippen LogP contribution in [0.15, 0.2) is 81.6 Å². The molecule has 0 saturated heterocycles. The summed E-state index contributed by atoms with van der Waals surface area (Å²) >= 11 is 0. The predicted molar refractivity (Wildman–Crippen MR) is 125 cm³/mol. The van der Waals surface area contributed by atoms with Gasteiger partial charge in [-0.25, -0.2) is 0 Å². The molecule has 7 aromatic rings. The van der Waals surface area contributed by atoms with Gasteiger partial charge in [-0.2, -0.15) is 0 Å². The number of hydrogen-bond donors (Lipinski definition) is 0. The average molecular weight is 386 g/mol. The Labute approximate surface area is 172 Å². The SMILES string of the molecule is Cc1ccc2oc3cccc4c5cccc6oc7ccc(C)cc7c(c65)c(c2c1)c34. The van der Waals surface area contributed by atoms with Crippen LogP contribution < -0.4 is 0 Å². The fraction of sp³-hybridized carbons (Fsp3) is 0.0714. The van der Waals surface area contributed by atoms with E-state index in [4.69, 9.17) is 8.83 Å². The zero-order chi connectivity index (χ0) is 20.0. The van der Waals surface area contributed by atoms with Gasteiger partial charge >= 0.3 is 0 Å². The molecule has 2 aromatic heterocycles. The van der Waals surface area contributed by atoms with E-state index in [0.717, 1.165) is 33.1 Å². The smallest absolute Gasteiger partial charge is 0.135 e. The maximum Gasteiger partial charge on any atom is 0.135 e. The van der Waals surface area contributed by atoms with Gasteiger partial charge in [-0.15, -0.1) is 0 Å². The first-order valence-corrected chi connectivity index (χ1v) is 10.3. The number of fused-ring (bicyclic) bond motifs is 6. The van der Waals surface area contributed by atoms with Crippen LogP contribution in [0.3, 0.4) is 0 Å². The molecule has 0 bridgehead atoms. The molecule has 5 aromatic carbocycles. The summed E-state index contributed by atoms with van der Waals surface area (Å²) in [5.74, 6) is 0. The molecular formula is C28H18O2. The zero-order valence-electron chi connectivity index (χ0n) is 16.7. The summed E-state index contributed by atoms with van der Waals surface area (Å²) in [6, 6.07) is 25.6. The van der Waals surface area contributed by atoms with E-state index >= 15 is 0 Å². The highest BCUT2D eigenvalue weighted by Crippen LogP contribution is 2.46. The molecule has 142 valence electrons. The van der Waals surface area contributed by atoms with Crippen molar-refractivity contribution in [1.82, 2.24) is 0 Å². The summed E-state index contributed by atoms with van der Waals surface area (Å²) in [5.41, 5.74) is 6.11. The van der Waals surface area contributed by atoms with Gasteiger partial charge in [0.05, 0.1) is 0 Å². The lowest BCUT2D eigenvalue weighted by Crippen LogP contribution is -1.90. The molecule has 0 spiro atoms. The Bertz CT molecular complexity index is 1680. The summed E-state index contributed by atoms with van der Waals surface area (Å²) in [7, 11) is 0. The van der Waals surface area contributed by atoms with E-state index in [1.165, 1.54) is 43.4 Å². The second kappa shape index (κ2) is 5.43. The van der Waals surface area contributed by atoms with Crippen LogP contribution in [0.4, 0.5) is 0 Å². The van der Waals surface area contributed by atoms with Gasteiger partial charge in [0.1, 0.15) is 22.3 Å². The van der Waals surface area contributed by atoms with Crippen molar-refractivity contribution in [3.8, 4) is 0 Å². The number of benzene rings is 5. The molecule has 2 heteroatoms. The van der Waals surface area contributed by atoms with Crippen LogP contribution in [-0.2, 0) is 0 Å². The second-order valence-corrected chi connectivity index (χ2v) is 8.31. The third-order valence-electron chi connectivity index (χ3n) is 6.34. The Balaban J connectivity index is 1.99. The van der Waals surface area contributed by atoms with Crippen molar-refractivity contribution in [3.05, 3.63) is 83.9 Å². The van der Waals surface area contributed by atoms with Gasteiger partial charge in [-0.05, 0) is 61.0 Å². The molecule has 0 atom stereocenters. The van der Waals surface area contributed by atoms with Crippen molar-refractivity contribution in [2.75, 3.05) is 0 Å². The van der Waals surface area contributed by atoms with E-state index in [-0.39, 0.29) is 0 Å². The Kier molecular flexibility index (Phi) is 2.91. The maximum absolute atomic E-state index is 6.38. The minimum absolute atomic E-state index is 0.911. The van der Waals surface area contributed by atoms with E-state index in [1.807, 2.05) is 0 Å². The molecule has 30 heavy (non-hydrogen) atoms. The van der Waals surface area contributed by atoms with E-state index in [1.54, 1.807) is 0 Å². The fourth-order valence-corrected chi connectivity index (χ4v) is 5.08. The van der Waals surface area contributed by atoms with E-state index in [0.29, 0.717) is 0 Å². The summed E-state index contributed by atoms with van der Waals surface area (Å²) < 4.78 is 12.8. The van der Waals surface area contributed by atoms with Crippen molar-refractivity contribution in [1.29, 1.82) is 0 Å². The quantitative estimate of drug-likeness (QED) is 0.193. The monoisotopic (exact) mass is 386 g/mol. The lowest BCUT2D eigenvalue weighted by atomic mass is 9.89. The summed E-state index contributed by atoms with van der Waals surface area (Å²) in [5, 5.41) is 9.58. The first-order chi connectivity index (χ1) is 14.7. The van der Waals surface area contributed by atoms with Crippen molar-refractivity contribution in [3.63, 3.8) is 0 Å². The first kappa shape index (κ1) is 16.1. The topological polar surface area (TPSA) is 26.3 Å². The van der Waals surface area contributed by atoms with Gasteiger partial charge in [0.15, 0.2) is 0 Å². The van der Waals surface area contributed by atoms with Crippen LogP contribution in [0.1, 0.15) is 11.1 Å². The normalized spacial score (nSPS) is 12.3. The molecule has 0 aliphatic carbocycles. The minimum Gasteiger partial charge on any atom is -0.456 e. The highest BCUT2D eigenvalue weighted by molar-refractivity contribution is 6.40. The highest BCUT2D eigenvalue weighted by atomic mass is 16.3. The van der Waals surface area contributed by atoms with E-state index in [9.17, 15) is 0 Å². The molecule has 0 saturated carbocycles. The molecule has 0 aliphatic rings. The lowest BCUT2D eigenvalue weighted by Gasteiger charge is -2.17. The van der Waals surface area contributed by atoms with Crippen LogP contribution >= 0.6 is 0 Å². The second-order valence-electron chi connectivity index (χ2n) is 8.31. The minimum atomic E-state index is 0.911. The maximum atomic E-state index is 6.38. The van der Waals surface area contributed by atoms with E-state index in [2.05, 4.69) is 86.6 Å². The molecule has 0 aliphatic heterocycles. The Hall–Kier alpha value is -3.78. The third kappa shape index (κ3) is 1.93. The lowest BCUT2D eigenvalue weighted by molar-refractivity contribution is 0.660. The van der Waals surface area contributed by atoms with Crippen LogP contribution in [0.2, 0.25) is 0 Å². The summed E-state index contributed by atoms with van der Waals surface area (Å²) in [6.45, 7) is 4.27. The Morgan fingerprint density at radius 2 is 0.900 bits per heavy atom. The third-order valence-corrected chi connectivity index (χ3v) is 6.34. The molecule has 0 N–H and O–H groups in total.